The summed E-state index contributed by atoms with van der Waals surface area (Å²) in [5.74, 6) is 0.137. The number of hydrogen-bond acceptors (Lipinski definition) is 4. The second-order valence-corrected chi connectivity index (χ2v) is 6.34. The Bertz CT molecular complexity index is 682. The van der Waals surface area contributed by atoms with Crippen LogP contribution in [-0.4, -0.2) is 23.2 Å². The first-order valence-corrected chi connectivity index (χ1v) is 7.84. The minimum atomic E-state index is -3.92. The van der Waals surface area contributed by atoms with Crippen molar-refractivity contribution in [2.45, 2.75) is 25.0 Å². The summed E-state index contributed by atoms with van der Waals surface area (Å²) >= 11 is 0. The van der Waals surface area contributed by atoms with Crippen LogP contribution < -0.4 is 0 Å². The molecule has 0 N–H and O–H groups in total. The van der Waals surface area contributed by atoms with E-state index in [1.807, 2.05) is 0 Å². The van der Waals surface area contributed by atoms with Gasteiger partial charge in [-0.05, 0) is 24.6 Å². The molecule has 0 radical (unpaired) electrons. The van der Waals surface area contributed by atoms with Gasteiger partial charge in [-0.25, -0.2) is 12.8 Å². The van der Waals surface area contributed by atoms with E-state index < -0.39 is 9.05 Å². The fourth-order valence-corrected chi connectivity index (χ4v) is 2.71. The van der Waals surface area contributed by atoms with Crippen LogP contribution in [0.25, 0.3) is 0 Å². The van der Waals surface area contributed by atoms with Crippen molar-refractivity contribution in [1.82, 2.24) is 14.8 Å². The van der Waals surface area contributed by atoms with Crippen LogP contribution in [0, 0.1) is 5.82 Å². The third kappa shape index (κ3) is 3.10. The highest BCUT2D eigenvalue weighted by molar-refractivity contribution is 8.13. The zero-order valence-electron chi connectivity index (χ0n) is 10.0. The summed E-state index contributed by atoms with van der Waals surface area (Å²) in [6.07, 6.45) is 0.355. The Hall–Kier alpha value is -1.47. The fraction of sp³-hybridized carbons (Fsp3) is 0.273. The molecule has 2 aromatic rings. The zero-order valence-corrected chi connectivity index (χ0v) is 11.6. The van der Waals surface area contributed by atoms with Gasteiger partial charge in [0.25, 0.3) is 14.2 Å². The van der Waals surface area contributed by atoms with Crippen molar-refractivity contribution in [3.8, 4) is 0 Å². The Morgan fingerprint density at radius 3 is 2.42 bits per heavy atom. The van der Waals surface area contributed by atoms with Gasteiger partial charge >= 0.3 is 0 Å². The maximum atomic E-state index is 12.8. The second-order valence-electron chi connectivity index (χ2n) is 3.88. The summed E-state index contributed by atoms with van der Waals surface area (Å²) < 4.78 is 36.9. The maximum Gasteiger partial charge on any atom is 0.296 e. The van der Waals surface area contributed by atoms with Gasteiger partial charge in [-0.15, -0.1) is 10.2 Å². The molecular weight excluding hydrogens is 293 g/mol. The van der Waals surface area contributed by atoms with Crippen LogP contribution in [0.15, 0.2) is 29.4 Å². The lowest BCUT2D eigenvalue weighted by molar-refractivity contribution is 0.576. The molecule has 8 heteroatoms. The molecule has 1 heterocycles. The standard InChI is InChI=1S/C11H11ClFN3O2S/c1-2-16-10(14-15-11(16)19(12,17)18)7-8-3-5-9(13)6-4-8/h3-6H,2,7H2,1H3. The molecule has 0 aliphatic carbocycles. The summed E-state index contributed by atoms with van der Waals surface area (Å²) in [5, 5.41) is 7.15. The maximum absolute atomic E-state index is 12.8. The molecule has 0 unspecified atom stereocenters. The van der Waals surface area contributed by atoms with Gasteiger partial charge in [-0.2, -0.15) is 0 Å². The smallest absolute Gasteiger partial charge is 0.296 e. The van der Waals surface area contributed by atoms with Gasteiger partial charge in [0.05, 0.1) is 0 Å². The van der Waals surface area contributed by atoms with Crippen LogP contribution in [0.3, 0.4) is 0 Å². The molecule has 1 aromatic carbocycles. The van der Waals surface area contributed by atoms with Crippen molar-refractivity contribution in [2.24, 2.45) is 0 Å². The molecule has 1 aromatic heterocycles. The monoisotopic (exact) mass is 303 g/mol. The molecule has 0 saturated carbocycles. The molecule has 0 atom stereocenters. The Morgan fingerprint density at radius 1 is 1.26 bits per heavy atom. The fourth-order valence-electron chi connectivity index (χ4n) is 1.73. The first-order valence-electron chi connectivity index (χ1n) is 5.53. The van der Waals surface area contributed by atoms with Crippen molar-refractivity contribution in [3.05, 3.63) is 41.5 Å². The molecule has 0 saturated heterocycles. The van der Waals surface area contributed by atoms with E-state index in [4.69, 9.17) is 10.7 Å². The first kappa shape index (κ1) is 14.0. The summed E-state index contributed by atoms with van der Waals surface area (Å²) in [6.45, 7) is 2.15. The number of benzene rings is 1. The lowest BCUT2D eigenvalue weighted by Crippen LogP contribution is -2.08. The summed E-state index contributed by atoms with van der Waals surface area (Å²) in [4.78, 5) is 0. The van der Waals surface area contributed by atoms with Gasteiger partial charge in [0.1, 0.15) is 11.6 Å². The van der Waals surface area contributed by atoms with E-state index in [1.165, 1.54) is 16.7 Å². The highest BCUT2D eigenvalue weighted by atomic mass is 35.7. The largest absolute Gasteiger partial charge is 0.301 e. The van der Waals surface area contributed by atoms with Gasteiger partial charge in [-0.3, -0.25) is 0 Å². The number of nitrogens with zero attached hydrogens (tertiary/aromatic N) is 3. The third-order valence-corrected chi connectivity index (χ3v) is 3.76. The number of rotatable bonds is 4. The van der Waals surface area contributed by atoms with Gasteiger partial charge < -0.3 is 4.57 Å². The first-order chi connectivity index (χ1) is 8.91. The molecule has 0 fully saturated rings. The molecule has 2 rings (SSSR count). The van der Waals surface area contributed by atoms with Crippen molar-refractivity contribution < 1.29 is 12.8 Å². The molecule has 5 nitrogen and oxygen atoms in total. The second kappa shape index (κ2) is 5.26. The van der Waals surface area contributed by atoms with Crippen molar-refractivity contribution in [1.29, 1.82) is 0 Å². The third-order valence-electron chi connectivity index (χ3n) is 2.60. The quantitative estimate of drug-likeness (QED) is 0.810. The van der Waals surface area contributed by atoms with Crippen LogP contribution in [0.2, 0.25) is 0 Å². The van der Waals surface area contributed by atoms with E-state index in [2.05, 4.69) is 10.2 Å². The number of halogens is 2. The van der Waals surface area contributed by atoms with Crippen LogP contribution in [0.1, 0.15) is 18.3 Å². The average Bonchev–Trinajstić information content (AvgIpc) is 2.74. The topological polar surface area (TPSA) is 64.8 Å². The number of aromatic nitrogens is 3. The van der Waals surface area contributed by atoms with E-state index in [0.29, 0.717) is 18.8 Å². The van der Waals surface area contributed by atoms with Crippen molar-refractivity contribution in [2.75, 3.05) is 0 Å². The molecule has 0 spiro atoms. The summed E-state index contributed by atoms with van der Waals surface area (Å²) in [6, 6.07) is 5.89. The molecule has 19 heavy (non-hydrogen) atoms. The highest BCUT2D eigenvalue weighted by Crippen LogP contribution is 2.16. The Kier molecular flexibility index (Phi) is 3.86. The van der Waals surface area contributed by atoms with Crippen LogP contribution in [0.5, 0.6) is 0 Å². The van der Waals surface area contributed by atoms with Gasteiger partial charge in [-0.1, -0.05) is 12.1 Å². The van der Waals surface area contributed by atoms with Gasteiger partial charge in [0, 0.05) is 23.6 Å². The molecule has 0 amide bonds. The SMILES string of the molecule is CCn1c(Cc2ccc(F)cc2)nnc1S(=O)(=O)Cl. The minimum Gasteiger partial charge on any atom is -0.301 e. The van der Waals surface area contributed by atoms with E-state index >= 15 is 0 Å². The molecule has 0 bridgehead atoms. The summed E-state index contributed by atoms with van der Waals surface area (Å²) in [7, 11) is 1.36. The Morgan fingerprint density at radius 2 is 1.89 bits per heavy atom. The van der Waals surface area contributed by atoms with E-state index in [1.54, 1.807) is 19.1 Å². The predicted molar refractivity (Wildman–Crippen MR) is 67.9 cm³/mol. The van der Waals surface area contributed by atoms with E-state index in [-0.39, 0.29) is 11.0 Å². The lowest BCUT2D eigenvalue weighted by Gasteiger charge is -2.05. The van der Waals surface area contributed by atoms with Crippen molar-refractivity contribution >= 4 is 19.7 Å². The van der Waals surface area contributed by atoms with Crippen LogP contribution >= 0.6 is 10.7 Å². The minimum absolute atomic E-state index is 0.270. The molecule has 0 aliphatic heterocycles. The zero-order chi connectivity index (χ0) is 14.0. The van der Waals surface area contributed by atoms with Gasteiger partial charge in [0.15, 0.2) is 0 Å². The highest BCUT2D eigenvalue weighted by Gasteiger charge is 2.21. The molecular formula is C11H11ClFN3O2S. The normalized spacial score (nSPS) is 11.7. The van der Waals surface area contributed by atoms with Crippen LogP contribution in [0.4, 0.5) is 4.39 Å². The summed E-state index contributed by atoms with van der Waals surface area (Å²) in [5.41, 5.74) is 0.807. The Labute approximate surface area is 114 Å². The van der Waals surface area contributed by atoms with E-state index in [9.17, 15) is 12.8 Å². The number of hydrogen-bond donors (Lipinski definition) is 0. The van der Waals surface area contributed by atoms with Crippen LogP contribution in [-0.2, 0) is 22.0 Å². The molecule has 0 aliphatic rings. The van der Waals surface area contributed by atoms with Gasteiger partial charge in [0.2, 0.25) is 0 Å². The average molecular weight is 304 g/mol. The van der Waals surface area contributed by atoms with E-state index in [0.717, 1.165) is 5.56 Å². The molecule has 102 valence electrons. The van der Waals surface area contributed by atoms with Crippen molar-refractivity contribution in [3.63, 3.8) is 0 Å². The lowest BCUT2D eigenvalue weighted by atomic mass is 10.1. The Balaban J connectivity index is 2.36. The predicted octanol–water partition coefficient (Wildman–Crippen LogP) is 1.96.